The molecule has 0 bridgehead atoms. The number of hydrogen-bond acceptors (Lipinski definition) is 4. The van der Waals surface area contributed by atoms with Gasteiger partial charge in [0.2, 0.25) is 0 Å². The number of rotatable bonds is 11. The van der Waals surface area contributed by atoms with E-state index < -0.39 is 19.1 Å². The molecule has 4 nitrogen and oxygen atoms in total. The Morgan fingerprint density at radius 1 is 1.14 bits per heavy atom. The van der Waals surface area contributed by atoms with Gasteiger partial charge in [-0.1, -0.05) is 38.5 Å². The van der Waals surface area contributed by atoms with Crippen LogP contribution < -0.4 is 0 Å². The molecule has 0 spiro atoms. The monoisotopic (exact) mass is 424 g/mol. The van der Waals surface area contributed by atoms with Gasteiger partial charge in [-0.05, 0) is 50.0 Å². The zero-order valence-electron chi connectivity index (χ0n) is 18.5. The van der Waals surface area contributed by atoms with Gasteiger partial charge < -0.3 is 9.16 Å². The number of carbonyl (C=O) groups is 1. The van der Waals surface area contributed by atoms with E-state index in [-0.39, 0.29) is 16.6 Å². The molecule has 0 radical (unpaired) electrons. The molecule has 0 aliphatic rings. The van der Waals surface area contributed by atoms with E-state index in [2.05, 4.69) is 33.9 Å². The first-order chi connectivity index (χ1) is 13.0. The van der Waals surface area contributed by atoms with E-state index in [1.54, 1.807) is 7.11 Å². The Hall–Kier alpha value is -1.24. The van der Waals surface area contributed by atoms with Crippen molar-refractivity contribution in [3.8, 4) is 0 Å². The first-order valence-corrected chi connectivity index (χ1v) is 14.1. The molecule has 0 N–H and O–H groups in total. The highest BCUT2D eigenvalue weighted by molar-refractivity contribution is 7.85. The highest BCUT2D eigenvalue weighted by Gasteiger charge is 2.36. The smallest absolute Gasteiger partial charge is 0.191 e. The van der Waals surface area contributed by atoms with Crippen LogP contribution in [0.25, 0.3) is 0 Å². The maximum Gasteiger partial charge on any atom is 0.191 e. The first kappa shape index (κ1) is 24.8. The maximum atomic E-state index is 12.3. The summed E-state index contributed by atoms with van der Waals surface area (Å²) in [7, 11) is -1.47. The van der Waals surface area contributed by atoms with Crippen molar-refractivity contribution >= 4 is 24.9 Å². The van der Waals surface area contributed by atoms with Crippen LogP contribution in [0.3, 0.4) is 0 Å². The van der Waals surface area contributed by atoms with Crippen molar-refractivity contribution in [1.82, 2.24) is 0 Å². The molecule has 0 aliphatic carbocycles. The van der Waals surface area contributed by atoms with E-state index in [1.165, 1.54) is 6.08 Å². The van der Waals surface area contributed by atoms with Crippen LogP contribution in [0.15, 0.2) is 41.0 Å². The van der Waals surface area contributed by atoms with Gasteiger partial charge in [-0.15, -0.1) is 0 Å². The van der Waals surface area contributed by atoms with Crippen LogP contribution in [0.2, 0.25) is 18.1 Å². The molecule has 0 fully saturated rings. The molecule has 1 atom stereocenters. The molecule has 0 aromatic heterocycles. The average molecular weight is 425 g/mol. The van der Waals surface area contributed by atoms with Crippen LogP contribution in [-0.4, -0.2) is 37.8 Å². The molecule has 1 rings (SSSR count). The van der Waals surface area contributed by atoms with Gasteiger partial charge in [0.15, 0.2) is 14.1 Å². The number of carbonyl (C=O) groups excluding carboxylic acids is 1. The molecule has 0 amide bonds. The number of allylic oxidation sites excluding steroid dienone is 2. The molecular formula is C22H36O4SSi. The van der Waals surface area contributed by atoms with Crippen LogP contribution in [0.5, 0.6) is 0 Å². The van der Waals surface area contributed by atoms with Gasteiger partial charge in [0, 0.05) is 24.0 Å². The molecule has 0 saturated heterocycles. The van der Waals surface area contributed by atoms with Crippen LogP contribution in [0.4, 0.5) is 0 Å². The summed E-state index contributed by atoms with van der Waals surface area (Å²) in [5.41, 5.74) is 1.10. The summed E-state index contributed by atoms with van der Waals surface area (Å²) in [5, 5.41) is 0.212. The van der Waals surface area contributed by atoms with Crippen molar-refractivity contribution in [3.05, 3.63) is 41.7 Å². The van der Waals surface area contributed by atoms with Crippen LogP contribution in [-0.2, 0) is 24.8 Å². The topological polar surface area (TPSA) is 52.6 Å². The number of methoxy groups -OCH3 is 1. The number of aryl methyl sites for hydroxylation is 1. The third-order valence-electron chi connectivity index (χ3n) is 5.23. The predicted octanol–water partition coefficient (Wildman–Crippen LogP) is 5.39. The van der Waals surface area contributed by atoms with Crippen molar-refractivity contribution in [3.63, 3.8) is 0 Å². The van der Waals surface area contributed by atoms with Crippen molar-refractivity contribution in [2.24, 2.45) is 0 Å². The number of ether oxygens (including phenoxy) is 1. The summed E-state index contributed by atoms with van der Waals surface area (Å²) < 4.78 is 23.8. The Bertz CT molecular complexity index is 687. The fraction of sp³-hybridized carbons (Fsp3) is 0.591. The molecule has 6 heteroatoms. The normalized spacial score (nSPS) is 14.0. The van der Waals surface area contributed by atoms with E-state index >= 15 is 0 Å². The number of unbranched alkanes of at least 4 members (excludes halogenated alkanes) is 1. The fourth-order valence-electron chi connectivity index (χ4n) is 2.30. The second kappa shape index (κ2) is 11.1. The van der Waals surface area contributed by atoms with Crippen molar-refractivity contribution in [1.29, 1.82) is 0 Å². The zero-order chi connectivity index (χ0) is 21.4. The largest absolute Gasteiger partial charge is 0.501 e. The number of ketones is 1. The molecule has 1 aromatic rings. The van der Waals surface area contributed by atoms with E-state index in [0.29, 0.717) is 17.1 Å². The van der Waals surface area contributed by atoms with Gasteiger partial charge in [0.05, 0.1) is 29.4 Å². The summed E-state index contributed by atoms with van der Waals surface area (Å²) in [6.07, 6.45) is 3.99. The van der Waals surface area contributed by atoms with Crippen molar-refractivity contribution in [2.45, 2.75) is 70.0 Å². The Morgan fingerprint density at radius 3 is 2.29 bits per heavy atom. The Kier molecular flexibility index (Phi) is 9.81. The van der Waals surface area contributed by atoms with E-state index in [9.17, 15) is 9.00 Å². The minimum atomic E-state index is -1.70. The van der Waals surface area contributed by atoms with E-state index in [0.717, 1.165) is 25.0 Å². The van der Waals surface area contributed by atoms with Gasteiger partial charge in [-0.3, -0.25) is 9.00 Å². The van der Waals surface area contributed by atoms with Gasteiger partial charge in [-0.2, -0.15) is 0 Å². The van der Waals surface area contributed by atoms with Gasteiger partial charge in [0.25, 0.3) is 0 Å². The van der Waals surface area contributed by atoms with E-state index in [1.807, 2.05) is 31.2 Å². The molecule has 0 saturated carbocycles. The van der Waals surface area contributed by atoms with Crippen molar-refractivity contribution in [2.75, 3.05) is 19.5 Å². The number of hydrogen-bond donors (Lipinski definition) is 0. The Morgan fingerprint density at radius 2 is 1.75 bits per heavy atom. The van der Waals surface area contributed by atoms with E-state index in [4.69, 9.17) is 9.16 Å². The average Bonchev–Trinajstić information content (AvgIpc) is 2.59. The third kappa shape index (κ3) is 8.41. The molecule has 28 heavy (non-hydrogen) atoms. The molecule has 158 valence electrons. The second-order valence-corrected chi connectivity index (χ2v) is 14.9. The third-order valence-corrected chi connectivity index (χ3v) is 11.1. The van der Waals surface area contributed by atoms with Crippen LogP contribution >= 0.6 is 0 Å². The summed E-state index contributed by atoms with van der Waals surface area (Å²) >= 11 is 0. The summed E-state index contributed by atoms with van der Waals surface area (Å²) in [4.78, 5) is 12.9. The molecule has 0 aliphatic heterocycles. The lowest BCUT2D eigenvalue weighted by Crippen LogP contribution is -2.40. The minimum absolute atomic E-state index is 0.0234. The highest BCUT2D eigenvalue weighted by Crippen LogP contribution is 2.36. The quantitative estimate of drug-likeness (QED) is 0.207. The summed E-state index contributed by atoms with van der Waals surface area (Å²) in [6.45, 7) is 13.9. The highest BCUT2D eigenvalue weighted by atomic mass is 32.2. The Balaban J connectivity index is 2.45. The lowest BCUT2D eigenvalue weighted by atomic mass is 10.2. The Labute approximate surface area is 174 Å². The lowest BCUT2D eigenvalue weighted by molar-refractivity contribution is -0.112. The minimum Gasteiger partial charge on any atom is -0.501 e. The molecule has 1 aromatic carbocycles. The second-order valence-electron chi connectivity index (χ2n) is 8.65. The zero-order valence-corrected chi connectivity index (χ0v) is 20.3. The molecular weight excluding hydrogens is 388 g/mol. The molecule has 1 unspecified atom stereocenters. The van der Waals surface area contributed by atoms with Gasteiger partial charge >= 0.3 is 0 Å². The first-order valence-electron chi connectivity index (χ1n) is 9.82. The lowest BCUT2D eigenvalue weighted by Gasteiger charge is -2.36. The van der Waals surface area contributed by atoms with Crippen LogP contribution in [0.1, 0.15) is 45.6 Å². The SMILES string of the molecule is CO/C(=C/C(=O)CS(=O)c1ccc(C)cc1)CCCCO[Si](C)(C)C(C)(C)C. The van der Waals surface area contributed by atoms with Gasteiger partial charge in [-0.25, -0.2) is 0 Å². The fourth-order valence-corrected chi connectivity index (χ4v) is 4.34. The summed E-state index contributed by atoms with van der Waals surface area (Å²) in [6, 6.07) is 7.42. The molecule has 0 heterocycles. The number of benzene rings is 1. The predicted molar refractivity (Wildman–Crippen MR) is 120 cm³/mol. The van der Waals surface area contributed by atoms with Crippen LogP contribution in [0, 0.1) is 6.92 Å². The standard InChI is InChI=1S/C22H36O4SSi/c1-18-11-13-21(14-12-18)27(24)17-19(23)16-20(25-5)10-8-9-15-26-28(6,7)22(2,3)4/h11-14,16H,8-10,15,17H2,1-7H3/b20-16+. The summed E-state index contributed by atoms with van der Waals surface area (Å²) in [5.74, 6) is 0.441. The maximum absolute atomic E-state index is 12.3. The van der Waals surface area contributed by atoms with Crippen molar-refractivity contribution < 1.29 is 18.2 Å². The van der Waals surface area contributed by atoms with Gasteiger partial charge in [0.1, 0.15) is 0 Å².